The summed E-state index contributed by atoms with van der Waals surface area (Å²) >= 11 is 13.3. The Balaban J connectivity index is 1.39. The zero-order chi connectivity index (χ0) is 26.6. The molecule has 1 aliphatic rings. The second-order valence-corrected chi connectivity index (χ2v) is 9.06. The number of carbonyl (C=O) groups excluding carboxylic acids is 1. The molecule has 0 saturated carbocycles. The predicted molar refractivity (Wildman–Crippen MR) is 142 cm³/mol. The molecule has 11 nitrogen and oxygen atoms in total. The lowest BCUT2D eigenvalue weighted by Crippen LogP contribution is -2.35. The van der Waals surface area contributed by atoms with Crippen molar-refractivity contribution >= 4 is 46.3 Å². The summed E-state index contributed by atoms with van der Waals surface area (Å²) in [5.41, 5.74) is 2.64. The van der Waals surface area contributed by atoms with Gasteiger partial charge in [0.1, 0.15) is 22.5 Å². The van der Waals surface area contributed by atoms with Crippen molar-refractivity contribution in [1.29, 1.82) is 0 Å². The predicted octanol–water partition coefficient (Wildman–Crippen LogP) is 4.79. The van der Waals surface area contributed by atoms with Crippen molar-refractivity contribution in [2.24, 2.45) is 0 Å². The molecule has 1 saturated heterocycles. The Bertz CT molecular complexity index is 1450. The molecule has 1 amide bonds. The van der Waals surface area contributed by atoms with Gasteiger partial charge in [0.15, 0.2) is 5.75 Å². The molecule has 3 heterocycles. The maximum Gasteiger partial charge on any atom is 0.419 e. The number of ether oxygens (including phenoxy) is 4. The molecule has 1 aliphatic heterocycles. The Morgan fingerprint density at radius 3 is 2.39 bits per heavy atom. The first-order valence-electron chi connectivity index (χ1n) is 11.7. The van der Waals surface area contributed by atoms with Crippen LogP contribution in [0.2, 0.25) is 10.0 Å². The number of imidazole rings is 1. The van der Waals surface area contributed by atoms with Crippen LogP contribution >= 0.6 is 23.2 Å². The van der Waals surface area contributed by atoms with E-state index >= 15 is 0 Å². The fourth-order valence-corrected chi connectivity index (χ4v) is 4.87. The van der Waals surface area contributed by atoms with Crippen LogP contribution in [0.25, 0.3) is 22.2 Å². The van der Waals surface area contributed by atoms with Crippen LogP contribution < -0.4 is 19.5 Å². The molecule has 0 atom stereocenters. The lowest BCUT2D eigenvalue weighted by molar-refractivity contribution is 0.0337. The number of H-pyrrole nitrogens is 1. The summed E-state index contributed by atoms with van der Waals surface area (Å²) in [6, 6.07) is 4.89. The Hall–Kier alpha value is -3.64. The number of carbonyl (C=O) groups is 1. The van der Waals surface area contributed by atoms with E-state index in [1.54, 1.807) is 24.4 Å². The molecular formula is C25H24Cl2N6O5. The summed E-state index contributed by atoms with van der Waals surface area (Å²) < 4.78 is 21.7. The highest BCUT2D eigenvalue weighted by molar-refractivity contribution is 6.41. The van der Waals surface area contributed by atoms with Crippen LogP contribution in [0.15, 0.2) is 36.8 Å². The van der Waals surface area contributed by atoms with Crippen LogP contribution in [0.4, 0.5) is 10.7 Å². The number of hydrogen-bond donors (Lipinski definition) is 2. The molecule has 198 valence electrons. The number of aromatic nitrogens is 4. The van der Waals surface area contributed by atoms with E-state index in [-0.39, 0.29) is 21.7 Å². The van der Waals surface area contributed by atoms with Crippen molar-refractivity contribution in [3.8, 4) is 28.4 Å². The van der Waals surface area contributed by atoms with Crippen LogP contribution in [0.3, 0.4) is 0 Å². The van der Waals surface area contributed by atoms with Crippen molar-refractivity contribution in [2.45, 2.75) is 6.54 Å². The molecule has 2 aromatic carbocycles. The summed E-state index contributed by atoms with van der Waals surface area (Å²) in [6.07, 6.45) is 3.96. The average molecular weight is 559 g/mol. The van der Waals surface area contributed by atoms with Gasteiger partial charge in [0.05, 0.1) is 49.4 Å². The van der Waals surface area contributed by atoms with Gasteiger partial charge in [-0.2, -0.15) is 0 Å². The van der Waals surface area contributed by atoms with Crippen LogP contribution in [0, 0.1) is 0 Å². The molecular weight excluding hydrogens is 535 g/mol. The first-order valence-corrected chi connectivity index (χ1v) is 12.4. The molecule has 0 radical (unpaired) electrons. The van der Waals surface area contributed by atoms with E-state index in [2.05, 4.69) is 30.2 Å². The smallest absolute Gasteiger partial charge is 0.419 e. The zero-order valence-corrected chi connectivity index (χ0v) is 22.1. The molecule has 1 fully saturated rings. The van der Waals surface area contributed by atoms with Gasteiger partial charge in [-0.3, -0.25) is 15.2 Å². The van der Waals surface area contributed by atoms with Gasteiger partial charge >= 0.3 is 6.09 Å². The van der Waals surface area contributed by atoms with E-state index in [4.69, 9.17) is 42.1 Å². The SMILES string of the molecule is COc1cc(OC)c(Cl)c(-c2ccc(OC(=O)Nc3ncc(CN4CCOCC4)[nH]3)c3nccnc23)c1Cl. The van der Waals surface area contributed by atoms with E-state index < -0.39 is 6.09 Å². The van der Waals surface area contributed by atoms with Crippen LogP contribution in [0.5, 0.6) is 17.2 Å². The van der Waals surface area contributed by atoms with E-state index in [1.165, 1.54) is 26.6 Å². The minimum atomic E-state index is -0.740. The lowest BCUT2D eigenvalue weighted by atomic mass is 10.0. The number of benzene rings is 2. The zero-order valence-electron chi connectivity index (χ0n) is 20.6. The number of morpholine rings is 1. The van der Waals surface area contributed by atoms with Gasteiger partial charge in [0, 0.05) is 49.2 Å². The van der Waals surface area contributed by atoms with Gasteiger partial charge in [-0.1, -0.05) is 23.2 Å². The number of anilines is 1. The quantitative estimate of drug-likeness (QED) is 0.329. The van der Waals surface area contributed by atoms with E-state index in [9.17, 15) is 4.79 Å². The summed E-state index contributed by atoms with van der Waals surface area (Å²) in [4.78, 5) is 31.1. The Kier molecular flexibility index (Phi) is 7.79. The summed E-state index contributed by atoms with van der Waals surface area (Å²) in [7, 11) is 2.99. The molecule has 2 N–H and O–H groups in total. The Labute approximate surface area is 228 Å². The number of methoxy groups -OCH3 is 2. The first kappa shape index (κ1) is 26.0. The number of nitrogens with zero attached hydrogens (tertiary/aromatic N) is 4. The first-order chi connectivity index (χ1) is 18.5. The van der Waals surface area contributed by atoms with Gasteiger partial charge in [-0.05, 0) is 12.1 Å². The highest BCUT2D eigenvalue weighted by Gasteiger charge is 2.23. The fraction of sp³-hybridized carbons (Fsp3) is 0.280. The van der Waals surface area contributed by atoms with Crippen LogP contribution in [-0.2, 0) is 11.3 Å². The number of hydrogen-bond acceptors (Lipinski definition) is 9. The summed E-state index contributed by atoms with van der Waals surface area (Å²) in [5.74, 6) is 1.22. The molecule has 2 aromatic heterocycles. The standard InChI is InChI=1S/C25H24Cl2N6O5/c1-35-17-11-18(36-2)21(27)19(20(17)26)15-3-4-16(23-22(15)28-5-6-29-23)38-25(34)32-24-30-12-14(31-24)13-33-7-9-37-10-8-33/h3-6,11-12H,7-10,13H2,1-2H3,(H2,30,31,32,34). The Morgan fingerprint density at radius 2 is 1.71 bits per heavy atom. The molecule has 13 heteroatoms. The van der Waals surface area contributed by atoms with Gasteiger partial charge in [-0.25, -0.2) is 14.8 Å². The third-order valence-corrected chi connectivity index (χ3v) is 6.73. The van der Waals surface area contributed by atoms with Crippen molar-refractivity contribution in [3.63, 3.8) is 0 Å². The van der Waals surface area contributed by atoms with E-state index in [0.717, 1.165) is 18.8 Å². The third-order valence-electron chi connectivity index (χ3n) is 5.98. The monoisotopic (exact) mass is 558 g/mol. The maximum absolute atomic E-state index is 12.7. The minimum absolute atomic E-state index is 0.191. The van der Waals surface area contributed by atoms with E-state index in [1.807, 2.05) is 0 Å². The number of rotatable bonds is 7. The molecule has 38 heavy (non-hydrogen) atoms. The molecule has 0 unspecified atom stereocenters. The highest BCUT2D eigenvalue weighted by atomic mass is 35.5. The maximum atomic E-state index is 12.7. The number of nitrogens with one attached hydrogen (secondary N) is 2. The molecule has 0 spiro atoms. The van der Waals surface area contributed by atoms with Crippen molar-refractivity contribution in [2.75, 3.05) is 45.8 Å². The third kappa shape index (κ3) is 5.32. The number of halogens is 2. The van der Waals surface area contributed by atoms with Gasteiger partial charge in [0.2, 0.25) is 5.95 Å². The van der Waals surface area contributed by atoms with E-state index in [0.29, 0.717) is 53.4 Å². The molecule has 4 aromatic rings. The normalized spacial score (nSPS) is 13.9. The molecule has 0 aliphatic carbocycles. The van der Waals surface area contributed by atoms with Gasteiger partial charge in [-0.15, -0.1) is 0 Å². The summed E-state index contributed by atoms with van der Waals surface area (Å²) in [6.45, 7) is 3.75. The van der Waals surface area contributed by atoms with Gasteiger partial charge < -0.3 is 23.9 Å². The highest BCUT2D eigenvalue weighted by Crippen LogP contribution is 2.47. The lowest BCUT2D eigenvalue weighted by Gasteiger charge is -2.25. The number of amides is 1. The largest absolute Gasteiger partial charge is 0.495 e. The summed E-state index contributed by atoms with van der Waals surface area (Å²) in [5, 5.41) is 3.17. The van der Waals surface area contributed by atoms with Crippen molar-refractivity contribution in [3.05, 3.63) is 52.5 Å². The molecule has 5 rings (SSSR count). The molecule has 0 bridgehead atoms. The van der Waals surface area contributed by atoms with Crippen LogP contribution in [0.1, 0.15) is 5.69 Å². The van der Waals surface area contributed by atoms with Crippen LogP contribution in [-0.4, -0.2) is 71.5 Å². The van der Waals surface area contributed by atoms with Crippen molar-refractivity contribution in [1.82, 2.24) is 24.8 Å². The topological polar surface area (TPSA) is 124 Å². The minimum Gasteiger partial charge on any atom is -0.495 e. The second kappa shape index (κ2) is 11.4. The fourth-order valence-electron chi connectivity index (χ4n) is 4.16. The van der Waals surface area contributed by atoms with Crippen molar-refractivity contribution < 1.29 is 23.7 Å². The Morgan fingerprint density at radius 1 is 1.03 bits per heavy atom. The number of aromatic amines is 1. The average Bonchev–Trinajstić information content (AvgIpc) is 3.36. The number of fused-ring (bicyclic) bond motifs is 1. The van der Waals surface area contributed by atoms with Gasteiger partial charge in [0.25, 0.3) is 0 Å². The second-order valence-electron chi connectivity index (χ2n) is 8.31.